The Kier molecular flexibility index (Phi) is 9.10. The minimum atomic E-state index is -0.731. The van der Waals surface area contributed by atoms with Gasteiger partial charge in [0.2, 0.25) is 5.91 Å². The lowest BCUT2D eigenvalue weighted by Gasteiger charge is -2.25. The number of hydrogen-bond acceptors (Lipinski definition) is 4. The molecule has 0 aliphatic carbocycles. The van der Waals surface area contributed by atoms with Gasteiger partial charge in [0, 0.05) is 33.3 Å². The average molecular weight is 255 g/mol. The molecule has 0 radical (unpaired) electrons. The SMILES string of the molecule is CCCC(=O)N(CCCC(C=NC)=NC)C(C)O. The van der Waals surface area contributed by atoms with Crippen LogP contribution in [-0.4, -0.2) is 54.7 Å². The fraction of sp³-hybridized carbons (Fsp3) is 0.769. The van der Waals surface area contributed by atoms with Gasteiger partial charge in [-0.15, -0.1) is 0 Å². The van der Waals surface area contributed by atoms with Gasteiger partial charge in [0.25, 0.3) is 0 Å². The topological polar surface area (TPSA) is 65.3 Å². The molecule has 0 fully saturated rings. The molecule has 0 spiro atoms. The van der Waals surface area contributed by atoms with Crippen molar-refractivity contribution in [2.45, 2.75) is 45.8 Å². The number of rotatable bonds is 8. The van der Waals surface area contributed by atoms with E-state index in [-0.39, 0.29) is 5.91 Å². The fourth-order valence-electron chi connectivity index (χ4n) is 1.69. The summed E-state index contributed by atoms with van der Waals surface area (Å²) in [7, 11) is 3.43. The molecule has 1 N–H and O–H groups in total. The zero-order valence-corrected chi connectivity index (χ0v) is 11.9. The van der Waals surface area contributed by atoms with Crippen molar-refractivity contribution in [1.82, 2.24) is 4.90 Å². The lowest BCUT2D eigenvalue weighted by molar-refractivity contribution is -0.140. The van der Waals surface area contributed by atoms with Crippen molar-refractivity contribution < 1.29 is 9.90 Å². The minimum Gasteiger partial charge on any atom is -0.374 e. The van der Waals surface area contributed by atoms with Gasteiger partial charge in [0.1, 0.15) is 6.23 Å². The highest BCUT2D eigenvalue weighted by Gasteiger charge is 2.16. The number of aliphatic imine (C=N–C) groups is 2. The number of carbonyl (C=O) groups is 1. The van der Waals surface area contributed by atoms with Crippen LogP contribution in [0.25, 0.3) is 0 Å². The van der Waals surface area contributed by atoms with E-state index in [1.54, 1.807) is 27.2 Å². The Morgan fingerprint density at radius 2 is 2.06 bits per heavy atom. The Morgan fingerprint density at radius 1 is 1.39 bits per heavy atom. The standard InChI is InChI=1S/C13H25N3O2/c1-5-7-13(18)16(11(2)17)9-6-8-12(15-4)10-14-3/h10-11,17H,5-9H2,1-4H3. The highest BCUT2D eigenvalue weighted by atomic mass is 16.3. The highest BCUT2D eigenvalue weighted by molar-refractivity contribution is 6.30. The van der Waals surface area contributed by atoms with Gasteiger partial charge in [0.15, 0.2) is 0 Å². The smallest absolute Gasteiger partial charge is 0.224 e. The predicted molar refractivity (Wildman–Crippen MR) is 75.3 cm³/mol. The molecule has 0 aliphatic rings. The summed E-state index contributed by atoms with van der Waals surface area (Å²) < 4.78 is 0. The first-order chi connectivity index (χ1) is 8.56. The molecule has 0 aromatic carbocycles. The van der Waals surface area contributed by atoms with Gasteiger partial charge in [0.05, 0.1) is 5.71 Å². The molecule has 1 unspecified atom stereocenters. The second-order valence-corrected chi connectivity index (χ2v) is 4.17. The van der Waals surface area contributed by atoms with Crippen LogP contribution in [0.3, 0.4) is 0 Å². The van der Waals surface area contributed by atoms with E-state index >= 15 is 0 Å². The zero-order valence-electron chi connectivity index (χ0n) is 11.9. The van der Waals surface area contributed by atoms with E-state index in [1.807, 2.05) is 6.92 Å². The molecule has 0 saturated carbocycles. The number of hydrogen-bond donors (Lipinski definition) is 1. The van der Waals surface area contributed by atoms with Crippen LogP contribution in [0.5, 0.6) is 0 Å². The van der Waals surface area contributed by atoms with Gasteiger partial charge in [-0.25, -0.2) is 0 Å². The Morgan fingerprint density at radius 3 is 2.50 bits per heavy atom. The van der Waals surface area contributed by atoms with E-state index in [4.69, 9.17) is 0 Å². The molecule has 1 atom stereocenters. The third-order valence-corrected chi connectivity index (χ3v) is 2.63. The number of carbonyl (C=O) groups excluding carboxylic acids is 1. The lowest BCUT2D eigenvalue weighted by atomic mass is 10.2. The Balaban J connectivity index is 4.24. The number of aliphatic hydroxyl groups excluding tert-OH is 1. The van der Waals surface area contributed by atoms with Crippen LogP contribution in [-0.2, 0) is 4.79 Å². The molecule has 5 heteroatoms. The summed E-state index contributed by atoms with van der Waals surface area (Å²) in [5, 5.41) is 9.58. The molecule has 0 aliphatic heterocycles. The molecule has 0 saturated heterocycles. The maximum Gasteiger partial charge on any atom is 0.224 e. The van der Waals surface area contributed by atoms with Crippen LogP contribution in [0, 0.1) is 0 Å². The molecule has 0 aromatic rings. The molecule has 1 amide bonds. The van der Waals surface area contributed by atoms with Crippen LogP contribution in [0.2, 0.25) is 0 Å². The summed E-state index contributed by atoms with van der Waals surface area (Å²) >= 11 is 0. The monoisotopic (exact) mass is 255 g/mol. The van der Waals surface area contributed by atoms with Crippen molar-refractivity contribution in [1.29, 1.82) is 0 Å². The van der Waals surface area contributed by atoms with Crippen LogP contribution < -0.4 is 0 Å². The lowest BCUT2D eigenvalue weighted by Crippen LogP contribution is -2.39. The van der Waals surface area contributed by atoms with E-state index in [2.05, 4.69) is 9.98 Å². The third-order valence-electron chi connectivity index (χ3n) is 2.63. The number of nitrogens with zero attached hydrogens (tertiary/aromatic N) is 3. The Hall–Kier alpha value is -1.23. The molecular formula is C13H25N3O2. The van der Waals surface area contributed by atoms with E-state index in [9.17, 15) is 9.90 Å². The number of aliphatic hydroxyl groups is 1. The first-order valence-electron chi connectivity index (χ1n) is 6.42. The van der Waals surface area contributed by atoms with Gasteiger partial charge in [-0.05, 0) is 26.2 Å². The van der Waals surface area contributed by atoms with Crippen molar-refractivity contribution in [2.75, 3.05) is 20.6 Å². The molecule has 0 bridgehead atoms. The fourth-order valence-corrected chi connectivity index (χ4v) is 1.69. The van der Waals surface area contributed by atoms with Crippen molar-refractivity contribution in [3.8, 4) is 0 Å². The highest BCUT2D eigenvalue weighted by Crippen LogP contribution is 2.05. The van der Waals surface area contributed by atoms with Crippen molar-refractivity contribution in [3.05, 3.63) is 0 Å². The summed E-state index contributed by atoms with van der Waals surface area (Å²) in [6.45, 7) is 4.13. The summed E-state index contributed by atoms with van der Waals surface area (Å²) in [5.41, 5.74) is 0.908. The maximum absolute atomic E-state index is 11.8. The summed E-state index contributed by atoms with van der Waals surface area (Å²) in [5.74, 6) is 0.00615. The third kappa shape index (κ3) is 6.49. The largest absolute Gasteiger partial charge is 0.374 e. The van der Waals surface area contributed by atoms with Crippen LogP contribution in [0.15, 0.2) is 9.98 Å². The van der Waals surface area contributed by atoms with Gasteiger partial charge >= 0.3 is 0 Å². The minimum absolute atomic E-state index is 0.00615. The van der Waals surface area contributed by atoms with Crippen LogP contribution >= 0.6 is 0 Å². The first kappa shape index (κ1) is 16.8. The molecule has 0 aromatic heterocycles. The van der Waals surface area contributed by atoms with Gasteiger partial charge in [-0.3, -0.25) is 14.8 Å². The Bertz CT molecular complexity index is 299. The van der Waals surface area contributed by atoms with E-state index < -0.39 is 6.23 Å². The normalized spacial score (nSPS) is 13.9. The second-order valence-electron chi connectivity index (χ2n) is 4.17. The van der Waals surface area contributed by atoms with Gasteiger partial charge in [-0.1, -0.05) is 6.92 Å². The van der Waals surface area contributed by atoms with Crippen molar-refractivity contribution >= 4 is 17.8 Å². The van der Waals surface area contributed by atoms with Crippen molar-refractivity contribution in [3.63, 3.8) is 0 Å². The van der Waals surface area contributed by atoms with Gasteiger partial charge in [-0.2, -0.15) is 0 Å². The van der Waals surface area contributed by atoms with Crippen LogP contribution in [0.4, 0.5) is 0 Å². The van der Waals surface area contributed by atoms with E-state index in [0.717, 1.165) is 25.0 Å². The first-order valence-corrected chi connectivity index (χ1v) is 6.42. The predicted octanol–water partition coefficient (Wildman–Crippen LogP) is 1.50. The van der Waals surface area contributed by atoms with Crippen LogP contribution in [0.1, 0.15) is 39.5 Å². The maximum atomic E-state index is 11.8. The molecule has 18 heavy (non-hydrogen) atoms. The summed E-state index contributed by atoms with van der Waals surface area (Å²) in [4.78, 5) is 21.3. The van der Waals surface area contributed by atoms with E-state index in [1.165, 1.54) is 4.90 Å². The average Bonchev–Trinajstić information content (AvgIpc) is 2.32. The van der Waals surface area contributed by atoms with E-state index in [0.29, 0.717) is 13.0 Å². The molecule has 5 nitrogen and oxygen atoms in total. The number of amides is 1. The molecule has 0 heterocycles. The van der Waals surface area contributed by atoms with Crippen molar-refractivity contribution in [2.24, 2.45) is 9.98 Å². The Labute approximate surface area is 110 Å². The van der Waals surface area contributed by atoms with Gasteiger partial charge < -0.3 is 10.0 Å². The summed E-state index contributed by atoms with van der Waals surface area (Å²) in [6.07, 6.45) is 3.81. The second kappa shape index (κ2) is 9.76. The molecular weight excluding hydrogens is 230 g/mol. The molecule has 0 rings (SSSR count). The zero-order chi connectivity index (χ0) is 14.0. The quantitative estimate of drug-likeness (QED) is 0.527. The molecule has 104 valence electrons. The summed E-state index contributed by atoms with van der Waals surface area (Å²) in [6, 6.07) is 0.